The zero-order valence-electron chi connectivity index (χ0n) is 10.5. The van der Waals surface area contributed by atoms with Crippen molar-refractivity contribution < 1.29 is 9.47 Å². The van der Waals surface area contributed by atoms with Gasteiger partial charge in [0.15, 0.2) is 0 Å². The number of alkyl halides is 1. The summed E-state index contributed by atoms with van der Waals surface area (Å²) in [7, 11) is 0. The molecule has 2 rings (SSSR count). The van der Waals surface area contributed by atoms with Crippen LogP contribution in [-0.2, 0) is 5.33 Å². The highest BCUT2D eigenvalue weighted by atomic mass is 79.9. The van der Waals surface area contributed by atoms with Gasteiger partial charge in [0.1, 0.15) is 17.2 Å². The Morgan fingerprint density at radius 1 is 1.05 bits per heavy atom. The molecule has 0 saturated carbocycles. The van der Waals surface area contributed by atoms with Gasteiger partial charge in [0.2, 0.25) is 0 Å². The molecule has 0 spiro atoms. The van der Waals surface area contributed by atoms with Gasteiger partial charge >= 0.3 is 0 Å². The molecule has 0 fully saturated rings. The molecular formula is C15H14BrClO2. The highest BCUT2D eigenvalue weighted by Crippen LogP contribution is 2.30. The molecule has 0 amide bonds. The minimum absolute atomic E-state index is 0.658. The molecular weight excluding hydrogens is 328 g/mol. The number of hydrogen-bond donors (Lipinski definition) is 0. The molecule has 0 unspecified atom stereocenters. The highest BCUT2D eigenvalue weighted by molar-refractivity contribution is 9.08. The zero-order chi connectivity index (χ0) is 13.7. The minimum Gasteiger partial charge on any atom is -0.494 e. The van der Waals surface area contributed by atoms with Crippen molar-refractivity contribution in [2.45, 2.75) is 12.3 Å². The van der Waals surface area contributed by atoms with Crippen molar-refractivity contribution in [3.8, 4) is 17.2 Å². The van der Waals surface area contributed by atoms with Crippen LogP contribution in [-0.4, -0.2) is 6.61 Å². The Kier molecular flexibility index (Phi) is 5.11. The molecule has 19 heavy (non-hydrogen) atoms. The van der Waals surface area contributed by atoms with Gasteiger partial charge < -0.3 is 9.47 Å². The molecule has 0 aliphatic carbocycles. The lowest BCUT2D eigenvalue weighted by molar-refractivity contribution is 0.339. The van der Waals surface area contributed by atoms with Gasteiger partial charge in [-0.15, -0.1) is 0 Å². The van der Waals surface area contributed by atoms with Crippen LogP contribution in [0.5, 0.6) is 17.2 Å². The standard InChI is InChI=1S/C15H14BrClO2/c1-2-18-13-4-6-14(7-5-13)19-15-8-3-12(17)9-11(15)10-16/h3-9H,2,10H2,1H3. The first-order valence-electron chi connectivity index (χ1n) is 5.98. The van der Waals surface area contributed by atoms with Crippen molar-refractivity contribution in [3.63, 3.8) is 0 Å². The zero-order valence-corrected chi connectivity index (χ0v) is 12.9. The molecule has 0 aliphatic rings. The Balaban J connectivity index is 2.16. The Bertz CT molecular complexity index is 540. The predicted octanol–water partition coefficient (Wildman–Crippen LogP) is 5.43. The van der Waals surface area contributed by atoms with Crippen molar-refractivity contribution in [1.29, 1.82) is 0 Å². The predicted molar refractivity (Wildman–Crippen MR) is 81.8 cm³/mol. The fraction of sp³-hybridized carbons (Fsp3) is 0.200. The second-order valence-electron chi connectivity index (χ2n) is 3.89. The smallest absolute Gasteiger partial charge is 0.131 e. The van der Waals surface area contributed by atoms with Crippen molar-refractivity contribution >= 4 is 27.5 Å². The lowest BCUT2D eigenvalue weighted by Crippen LogP contribution is -1.92. The minimum atomic E-state index is 0.658. The number of hydrogen-bond acceptors (Lipinski definition) is 2. The quantitative estimate of drug-likeness (QED) is 0.675. The van der Waals surface area contributed by atoms with Gasteiger partial charge in [-0.3, -0.25) is 0 Å². The molecule has 0 aliphatic heterocycles. The molecule has 0 bridgehead atoms. The summed E-state index contributed by atoms with van der Waals surface area (Å²) in [6, 6.07) is 13.1. The van der Waals surface area contributed by atoms with E-state index >= 15 is 0 Å². The van der Waals surface area contributed by atoms with Gasteiger partial charge in [-0.05, 0) is 49.4 Å². The van der Waals surface area contributed by atoms with E-state index in [-0.39, 0.29) is 0 Å². The average Bonchev–Trinajstić information content (AvgIpc) is 2.43. The van der Waals surface area contributed by atoms with Gasteiger partial charge in [0.25, 0.3) is 0 Å². The Labute approximate surface area is 126 Å². The SMILES string of the molecule is CCOc1ccc(Oc2ccc(Cl)cc2CBr)cc1. The maximum Gasteiger partial charge on any atom is 0.131 e. The van der Waals surface area contributed by atoms with Crippen LogP contribution in [0.2, 0.25) is 5.02 Å². The van der Waals surface area contributed by atoms with Crippen molar-refractivity contribution in [2.75, 3.05) is 6.61 Å². The summed E-state index contributed by atoms with van der Waals surface area (Å²) >= 11 is 9.39. The molecule has 0 N–H and O–H groups in total. The summed E-state index contributed by atoms with van der Waals surface area (Å²) in [5.74, 6) is 2.41. The van der Waals surface area contributed by atoms with E-state index in [1.807, 2.05) is 49.4 Å². The Morgan fingerprint density at radius 3 is 2.37 bits per heavy atom. The molecule has 0 radical (unpaired) electrons. The summed E-state index contributed by atoms with van der Waals surface area (Å²) < 4.78 is 11.2. The van der Waals surface area contributed by atoms with Crippen molar-refractivity contribution in [1.82, 2.24) is 0 Å². The molecule has 0 atom stereocenters. The van der Waals surface area contributed by atoms with E-state index in [0.717, 1.165) is 22.8 Å². The van der Waals surface area contributed by atoms with Gasteiger partial charge in [-0.2, -0.15) is 0 Å². The third kappa shape index (κ3) is 3.88. The summed E-state index contributed by atoms with van der Waals surface area (Å²) in [4.78, 5) is 0. The number of rotatable bonds is 5. The monoisotopic (exact) mass is 340 g/mol. The van der Waals surface area contributed by atoms with E-state index < -0.39 is 0 Å². The van der Waals surface area contributed by atoms with E-state index in [9.17, 15) is 0 Å². The third-order valence-electron chi connectivity index (χ3n) is 2.53. The topological polar surface area (TPSA) is 18.5 Å². The first-order chi connectivity index (χ1) is 9.22. The first kappa shape index (κ1) is 14.2. The van der Waals surface area contributed by atoms with Crippen LogP contribution in [0.3, 0.4) is 0 Å². The number of benzene rings is 2. The van der Waals surface area contributed by atoms with E-state index in [2.05, 4.69) is 15.9 Å². The summed E-state index contributed by atoms with van der Waals surface area (Å²) in [5, 5.41) is 1.40. The van der Waals surface area contributed by atoms with Crippen LogP contribution in [0.1, 0.15) is 12.5 Å². The average molecular weight is 342 g/mol. The van der Waals surface area contributed by atoms with Gasteiger partial charge in [-0.1, -0.05) is 27.5 Å². The Morgan fingerprint density at radius 2 is 1.74 bits per heavy atom. The normalized spacial score (nSPS) is 10.3. The second kappa shape index (κ2) is 6.83. The number of halogens is 2. The van der Waals surface area contributed by atoms with E-state index in [4.69, 9.17) is 21.1 Å². The fourth-order valence-electron chi connectivity index (χ4n) is 1.65. The van der Waals surface area contributed by atoms with E-state index in [0.29, 0.717) is 17.0 Å². The van der Waals surface area contributed by atoms with E-state index in [1.54, 1.807) is 0 Å². The van der Waals surface area contributed by atoms with Crippen molar-refractivity contribution in [3.05, 3.63) is 53.1 Å². The first-order valence-corrected chi connectivity index (χ1v) is 7.48. The summed E-state index contributed by atoms with van der Waals surface area (Å²) in [6.07, 6.45) is 0. The molecule has 2 aromatic carbocycles. The molecule has 2 aromatic rings. The van der Waals surface area contributed by atoms with E-state index in [1.165, 1.54) is 0 Å². The van der Waals surface area contributed by atoms with Crippen molar-refractivity contribution in [2.24, 2.45) is 0 Å². The van der Waals surface area contributed by atoms with Crippen LogP contribution in [0.4, 0.5) is 0 Å². The summed E-state index contributed by atoms with van der Waals surface area (Å²) in [6.45, 7) is 2.62. The van der Waals surface area contributed by atoms with Crippen LogP contribution in [0.15, 0.2) is 42.5 Å². The van der Waals surface area contributed by atoms with Gasteiger partial charge in [0.05, 0.1) is 6.61 Å². The van der Waals surface area contributed by atoms with Crippen LogP contribution in [0.25, 0.3) is 0 Å². The van der Waals surface area contributed by atoms with Gasteiger partial charge in [0, 0.05) is 15.9 Å². The molecule has 100 valence electrons. The molecule has 4 heteroatoms. The lowest BCUT2D eigenvalue weighted by Gasteiger charge is -2.10. The number of ether oxygens (including phenoxy) is 2. The molecule has 0 saturated heterocycles. The lowest BCUT2D eigenvalue weighted by atomic mass is 10.2. The van der Waals surface area contributed by atoms with Gasteiger partial charge in [-0.25, -0.2) is 0 Å². The maximum atomic E-state index is 5.96. The molecule has 0 aromatic heterocycles. The summed E-state index contributed by atoms with van der Waals surface area (Å²) in [5.41, 5.74) is 1.02. The van der Waals surface area contributed by atoms with Crippen LogP contribution in [0, 0.1) is 0 Å². The Hall–Kier alpha value is -1.19. The van der Waals surface area contributed by atoms with Crippen LogP contribution >= 0.6 is 27.5 Å². The largest absolute Gasteiger partial charge is 0.494 e. The fourth-order valence-corrected chi connectivity index (χ4v) is 2.28. The second-order valence-corrected chi connectivity index (χ2v) is 4.89. The van der Waals surface area contributed by atoms with Crippen LogP contribution < -0.4 is 9.47 Å². The molecule has 0 heterocycles. The molecule has 2 nitrogen and oxygen atoms in total. The maximum absolute atomic E-state index is 5.96. The third-order valence-corrected chi connectivity index (χ3v) is 3.37. The highest BCUT2D eigenvalue weighted by Gasteiger charge is 2.05.